The number of ether oxygens (including phenoxy) is 3. The zero-order valence-corrected chi connectivity index (χ0v) is 23.8. The van der Waals surface area contributed by atoms with Crippen molar-refractivity contribution in [3.8, 4) is 16.2 Å². The first-order valence-electron chi connectivity index (χ1n) is 11.2. The number of hydrogen-bond acceptors (Lipinski definition) is 7. The molecule has 0 saturated carbocycles. The number of amides is 2. The summed E-state index contributed by atoms with van der Waals surface area (Å²) in [6, 6.07) is 7.14. The van der Waals surface area contributed by atoms with Crippen molar-refractivity contribution < 1.29 is 28.6 Å². The fourth-order valence-corrected chi connectivity index (χ4v) is 5.17. The highest BCUT2D eigenvalue weighted by Crippen LogP contribution is 2.46. The lowest BCUT2D eigenvalue weighted by atomic mass is 10.1. The number of carbonyl (C=O) groups is 3. The molecule has 0 aliphatic carbocycles. The fraction of sp³-hybridized carbons (Fsp3) is 0.480. The molecule has 1 heterocycles. The summed E-state index contributed by atoms with van der Waals surface area (Å²) < 4.78 is 16.4. The van der Waals surface area contributed by atoms with Gasteiger partial charge in [0.2, 0.25) is 0 Å². The molecule has 1 aromatic heterocycles. The van der Waals surface area contributed by atoms with E-state index in [1.54, 1.807) is 25.7 Å². The number of esters is 2. The van der Waals surface area contributed by atoms with E-state index in [0.29, 0.717) is 15.0 Å². The van der Waals surface area contributed by atoms with Gasteiger partial charge in [0, 0.05) is 17.8 Å². The highest BCUT2D eigenvalue weighted by atomic mass is 79.9. The average Bonchev–Trinajstić information content (AvgIpc) is 3.06. The van der Waals surface area contributed by atoms with Crippen LogP contribution in [0.1, 0.15) is 58.1 Å². The second-order valence-electron chi connectivity index (χ2n) is 9.39. The minimum atomic E-state index is -0.659. The number of anilines is 1. The van der Waals surface area contributed by atoms with Crippen LogP contribution in [0.15, 0.2) is 28.7 Å². The van der Waals surface area contributed by atoms with Gasteiger partial charge in [0.25, 0.3) is 0 Å². The Morgan fingerprint density at radius 2 is 1.80 bits per heavy atom. The van der Waals surface area contributed by atoms with Gasteiger partial charge in [-0.05, 0) is 82.1 Å². The Hall–Kier alpha value is -2.59. The number of hydrogen-bond donors (Lipinski definition) is 1. The van der Waals surface area contributed by atoms with E-state index >= 15 is 0 Å². The number of halogens is 1. The van der Waals surface area contributed by atoms with E-state index in [4.69, 9.17) is 14.2 Å². The summed E-state index contributed by atoms with van der Waals surface area (Å²) >= 11 is 4.70. The van der Waals surface area contributed by atoms with Crippen molar-refractivity contribution in [3.05, 3.63) is 33.6 Å². The standard InChI is InChI=1S/C25H33BrN2O6S/c1-14(2)27-24(31)28(15(3)4)17-11-9-10-16(12-17)21-19(26)20(22(35-21)23(30)32-8)33-13-18(29)34-25(5,6)7/h9-12,14-15H,13H2,1-8H3,(H,27,31). The zero-order valence-electron chi connectivity index (χ0n) is 21.4. The molecule has 192 valence electrons. The second kappa shape index (κ2) is 11.9. The predicted molar refractivity (Wildman–Crippen MR) is 141 cm³/mol. The SMILES string of the molecule is COC(=O)c1sc(-c2cccc(N(C(=O)NC(C)C)C(C)C)c2)c(Br)c1OCC(=O)OC(C)(C)C. The quantitative estimate of drug-likeness (QED) is 0.391. The molecule has 0 radical (unpaired) electrons. The highest BCUT2D eigenvalue weighted by Gasteiger charge is 2.27. The van der Waals surface area contributed by atoms with Crippen LogP contribution in [0.3, 0.4) is 0 Å². The molecule has 0 fully saturated rings. The van der Waals surface area contributed by atoms with Crippen molar-refractivity contribution in [3.63, 3.8) is 0 Å². The van der Waals surface area contributed by atoms with Crippen LogP contribution in [0.2, 0.25) is 0 Å². The van der Waals surface area contributed by atoms with E-state index in [1.165, 1.54) is 18.4 Å². The van der Waals surface area contributed by atoms with Crippen LogP contribution in [0.4, 0.5) is 10.5 Å². The largest absolute Gasteiger partial charge is 0.479 e. The van der Waals surface area contributed by atoms with Gasteiger partial charge < -0.3 is 19.5 Å². The molecular formula is C25H33BrN2O6S. The zero-order chi connectivity index (χ0) is 26.5. The van der Waals surface area contributed by atoms with Crippen LogP contribution in [0.25, 0.3) is 10.4 Å². The Bertz CT molecular complexity index is 1070. The van der Waals surface area contributed by atoms with Gasteiger partial charge in [-0.2, -0.15) is 0 Å². The summed E-state index contributed by atoms with van der Waals surface area (Å²) in [4.78, 5) is 40.1. The number of thiophene rings is 1. The molecule has 0 bridgehead atoms. The van der Waals surface area contributed by atoms with Crippen molar-refractivity contribution in [2.24, 2.45) is 0 Å². The summed E-state index contributed by atoms with van der Waals surface area (Å²) in [6.45, 7) is 12.6. The molecule has 35 heavy (non-hydrogen) atoms. The third kappa shape index (κ3) is 7.70. The maximum Gasteiger partial charge on any atom is 0.351 e. The lowest BCUT2D eigenvalue weighted by Gasteiger charge is -2.28. The maximum atomic E-state index is 12.8. The summed E-state index contributed by atoms with van der Waals surface area (Å²) in [5.74, 6) is -0.942. The Labute approximate surface area is 219 Å². The number of nitrogens with zero attached hydrogens (tertiary/aromatic N) is 1. The number of carbonyl (C=O) groups excluding carboxylic acids is 3. The normalized spacial score (nSPS) is 11.4. The van der Waals surface area contributed by atoms with Gasteiger partial charge in [-0.3, -0.25) is 4.90 Å². The van der Waals surface area contributed by atoms with Gasteiger partial charge in [0.15, 0.2) is 17.2 Å². The van der Waals surface area contributed by atoms with Crippen LogP contribution >= 0.6 is 27.3 Å². The topological polar surface area (TPSA) is 94.2 Å². The van der Waals surface area contributed by atoms with Crippen LogP contribution in [-0.2, 0) is 14.3 Å². The molecule has 1 aromatic carbocycles. The van der Waals surface area contributed by atoms with Gasteiger partial charge in [0.05, 0.1) is 16.5 Å². The number of rotatable bonds is 8. The Balaban J connectivity index is 2.46. The molecule has 0 saturated heterocycles. The van der Waals surface area contributed by atoms with E-state index in [9.17, 15) is 14.4 Å². The van der Waals surface area contributed by atoms with E-state index < -0.39 is 17.5 Å². The summed E-state index contributed by atoms with van der Waals surface area (Å²) in [5, 5.41) is 2.93. The summed E-state index contributed by atoms with van der Waals surface area (Å²) in [6.07, 6.45) is 0. The smallest absolute Gasteiger partial charge is 0.351 e. The number of urea groups is 1. The van der Waals surface area contributed by atoms with E-state index in [-0.39, 0.29) is 35.3 Å². The van der Waals surface area contributed by atoms with Gasteiger partial charge >= 0.3 is 18.0 Å². The van der Waals surface area contributed by atoms with Crippen molar-refractivity contribution >= 4 is 50.9 Å². The van der Waals surface area contributed by atoms with Crippen molar-refractivity contribution in [1.82, 2.24) is 5.32 Å². The molecule has 0 spiro atoms. The summed E-state index contributed by atoms with van der Waals surface area (Å²) in [5.41, 5.74) is 0.805. The molecule has 2 rings (SSSR count). The molecule has 0 unspecified atom stereocenters. The van der Waals surface area contributed by atoms with E-state index in [1.807, 2.05) is 52.0 Å². The number of methoxy groups -OCH3 is 1. The van der Waals surface area contributed by atoms with Crippen molar-refractivity contribution in [2.75, 3.05) is 18.6 Å². The average molecular weight is 570 g/mol. The highest BCUT2D eigenvalue weighted by molar-refractivity contribution is 9.10. The molecule has 10 heteroatoms. The Morgan fingerprint density at radius 1 is 1.14 bits per heavy atom. The lowest BCUT2D eigenvalue weighted by molar-refractivity contribution is -0.157. The van der Waals surface area contributed by atoms with Gasteiger partial charge in [-0.1, -0.05) is 12.1 Å². The van der Waals surface area contributed by atoms with Gasteiger partial charge in [-0.25, -0.2) is 14.4 Å². The molecule has 2 aromatic rings. The van der Waals surface area contributed by atoms with Gasteiger partial charge in [-0.15, -0.1) is 11.3 Å². The third-order valence-electron chi connectivity index (χ3n) is 4.47. The van der Waals surface area contributed by atoms with Crippen LogP contribution in [0.5, 0.6) is 5.75 Å². The Kier molecular flexibility index (Phi) is 9.74. The third-order valence-corrected chi connectivity index (χ3v) is 6.69. The van der Waals surface area contributed by atoms with Crippen LogP contribution in [0, 0.1) is 0 Å². The van der Waals surface area contributed by atoms with E-state index in [0.717, 1.165) is 5.56 Å². The lowest BCUT2D eigenvalue weighted by Crippen LogP contribution is -2.46. The second-order valence-corrected chi connectivity index (χ2v) is 11.2. The monoisotopic (exact) mass is 568 g/mol. The molecule has 1 N–H and O–H groups in total. The maximum absolute atomic E-state index is 12.8. The van der Waals surface area contributed by atoms with Crippen LogP contribution < -0.4 is 15.0 Å². The summed E-state index contributed by atoms with van der Waals surface area (Å²) in [7, 11) is 1.28. The Morgan fingerprint density at radius 3 is 2.34 bits per heavy atom. The van der Waals surface area contributed by atoms with Crippen molar-refractivity contribution in [1.29, 1.82) is 0 Å². The van der Waals surface area contributed by atoms with Crippen LogP contribution in [-0.4, -0.2) is 49.4 Å². The first kappa shape index (κ1) is 28.6. The minimum Gasteiger partial charge on any atom is -0.479 e. The molecule has 0 aliphatic heterocycles. The first-order valence-corrected chi connectivity index (χ1v) is 12.8. The molecule has 0 atom stereocenters. The first-order chi connectivity index (χ1) is 16.2. The fourth-order valence-electron chi connectivity index (χ4n) is 3.20. The molecule has 8 nitrogen and oxygen atoms in total. The predicted octanol–water partition coefficient (Wildman–Crippen LogP) is 6.02. The van der Waals surface area contributed by atoms with Gasteiger partial charge in [0.1, 0.15) is 5.60 Å². The number of nitrogens with one attached hydrogen (secondary N) is 1. The number of benzene rings is 1. The van der Waals surface area contributed by atoms with E-state index in [2.05, 4.69) is 21.2 Å². The molecular weight excluding hydrogens is 536 g/mol. The minimum absolute atomic E-state index is 0.00864. The van der Waals surface area contributed by atoms with Crippen molar-refractivity contribution in [2.45, 2.75) is 66.2 Å². The molecule has 2 amide bonds. The molecule has 0 aliphatic rings.